The lowest BCUT2D eigenvalue weighted by atomic mass is 9.77. The number of aryl methyl sites for hydroxylation is 1. The third kappa shape index (κ3) is 3.81. The first kappa shape index (κ1) is 18.8. The van der Waals surface area contributed by atoms with Crippen LogP contribution in [0.5, 0.6) is 5.75 Å². The third-order valence-corrected chi connectivity index (χ3v) is 7.10. The quantitative estimate of drug-likeness (QED) is 0.626. The summed E-state index contributed by atoms with van der Waals surface area (Å²) in [7, 11) is 0. The van der Waals surface area contributed by atoms with Crippen molar-refractivity contribution in [1.29, 1.82) is 0 Å². The summed E-state index contributed by atoms with van der Waals surface area (Å²) in [6, 6.07) is 6.88. The highest BCUT2D eigenvalue weighted by Gasteiger charge is 2.44. The van der Waals surface area contributed by atoms with Crippen LogP contribution in [0.2, 0.25) is 0 Å². The van der Waals surface area contributed by atoms with Gasteiger partial charge in [-0.25, -0.2) is 14.4 Å². The summed E-state index contributed by atoms with van der Waals surface area (Å²) >= 11 is 1.72. The molecule has 5 rings (SSSR count). The van der Waals surface area contributed by atoms with Crippen molar-refractivity contribution in [3.63, 3.8) is 0 Å². The molecule has 2 aromatic heterocycles. The summed E-state index contributed by atoms with van der Waals surface area (Å²) in [5, 5.41) is 3.21. The zero-order valence-corrected chi connectivity index (χ0v) is 17.3. The molecule has 3 heterocycles. The first-order valence-electron chi connectivity index (χ1n) is 10.2. The van der Waals surface area contributed by atoms with Gasteiger partial charge >= 0.3 is 0 Å². The lowest BCUT2D eigenvalue weighted by Crippen LogP contribution is -2.40. The van der Waals surface area contributed by atoms with Gasteiger partial charge in [-0.2, -0.15) is 0 Å². The molecule has 0 spiro atoms. The van der Waals surface area contributed by atoms with E-state index in [4.69, 9.17) is 4.74 Å². The zero-order valence-electron chi connectivity index (χ0n) is 16.4. The number of benzene rings is 1. The maximum atomic E-state index is 14.3. The molecule has 0 N–H and O–H groups in total. The fourth-order valence-corrected chi connectivity index (χ4v) is 5.66. The predicted octanol–water partition coefficient (Wildman–Crippen LogP) is 4.32. The van der Waals surface area contributed by atoms with Gasteiger partial charge in [-0.05, 0) is 43.7 Å². The number of aromatic nitrogens is 3. The predicted molar refractivity (Wildman–Crippen MR) is 110 cm³/mol. The van der Waals surface area contributed by atoms with E-state index in [-0.39, 0.29) is 18.0 Å². The van der Waals surface area contributed by atoms with E-state index < -0.39 is 0 Å². The highest BCUT2D eigenvalue weighted by molar-refractivity contribution is 7.09. The van der Waals surface area contributed by atoms with E-state index in [1.165, 1.54) is 11.1 Å². The van der Waals surface area contributed by atoms with Crippen molar-refractivity contribution in [2.45, 2.75) is 38.5 Å². The number of thiazole rings is 1. The lowest BCUT2D eigenvalue weighted by Gasteiger charge is -2.39. The smallest absolute Gasteiger partial charge is 0.165 e. The van der Waals surface area contributed by atoms with Crippen LogP contribution < -0.4 is 4.74 Å². The zero-order chi connectivity index (χ0) is 19.8. The van der Waals surface area contributed by atoms with Crippen LogP contribution in [0.15, 0.2) is 48.2 Å². The first-order valence-corrected chi connectivity index (χ1v) is 11.1. The van der Waals surface area contributed by atoms with Crippen LogP contribution in [0.4, 0.5) is 4.39 Å². The van der Waals surface area contributed by atoms with Gasteiger partial charge in [0.05, 0.1) is 12.6 Å². The molecule has 152 valence electrons. The molecule has 5 nitrogen and oxygen atoms in total. The van der Waals surface area contributed by atoms with Crippen molar-refractivity contribution < 1.29 is 9.13 Å². The topological polar surface area (TPSA) is 43.2 Å². The standard InChI is InChI=1S/C22H25FN4OS/c1-15-24-6-8-27(15)19-10-16-12-26(14-22-25-7-9-29-22)13-17(16)11-21(19)28-20-5-3-2-4-18(20)23/h2-9,16-17,19,21H,10-14H2,1H3/t16-,17+,19-,21-/m0/s1. The van der Waals surface area contributed by atoms with Crippen LogP contribution in [0, 0.1) is 24.6 Å². The Morgan fingerprint density at radius 1 is 1.14 bits per heavy atom. The highest BCUT2D eigenvalue weighted by atomic mass is 32.1. The minimum atomic E-state index is -0.299. The van der Waals surface area contributed by atoms with E-state index in [1.54, 1.807) is 23.5 Å². The Kier molecular flexibility index (Phi) is 5.09. The maximum absolute atomic E-state index is 14.3. The number of likely N-dealkylation sites (tertiary alicyclic amines) is 1. The Hall–Kier alpha value is -2.25. The van der Waals surface area contributed by atoms with Crippen molar-refractivity contribution in [3.8, 4) is 5.75 Å². The molecule has 4 atom stereocenters. The number of ether oxygens (including phenoxy) is 1. The van der Waals surface area contributed by atoms with Crippen LogP contribution in [0.1, 0.15) is 29.7 Å². The molecule has 1 aliphatic carbocycles. The number of halogens is 1. The number of rotatable bonds is 5. The van der Waals surface area contributed by atoms with Gasteiger partial charge in [-0.3, -0.25) is 4.90 Å². The highest BCUT2D eigenvalue weighted by Crippen LogP contribution is 2.43. The van der Waals surface area contributed by atoms with Crippen molar-refractivity contribution in [3.05, 3.63) is 64.9 Å². The maximum Gasteiger partial charge on any atom is 0.165 e. The molecule has 1 saturated heterocycles. The number of fused-ring (bicyclic) bond motifs is 1. The van der Waals surface area contributed by atoms with Crippen LogP contribution in [-0.2, 0) is 6.54 Å². The second kappa shape index (κ2) is 7.88. The minimum Gasteiger partial charge on any atom is -0.485 e. The SMILES string of the molecule is Cc1nccn1[C@H]1C[C@H]2CN(Cc3nccs3)C[C@H]2C[C@@H]1Oc1ccccc1F. The normalized spacial score (nSPS) is 27.1. The lowest BCUT2D eigenvalue weighted by molar-refractivity contribution is 0.0509. The van der Waals surface area contributed by atoms with Gasteiger partial charge in [0, 0.05) is 37.1 Å². The Labute approximate surface area is 174 Å². The van der Waals surface area contributed by atoms with Gasteiger partial charge in [0.25, 0.3) is 0 Å². The van der Waals surface area contributed by atoms with Crippen LogP contribution in [0.3, 0.4) is 0 Å². The largest absolute Gasteiger partial charge is 0.485 e. The van der Waals surface area contributed by atoms with E-state index >= 15 is 0 Å². The van der Waals surface area contributed by atoms with E-state index in [1.807, 2.05) is 37.0 Å². The molecule has 0 unspecified atom stereocenters. The average molecular weight is 413 g/mol. The fourth-order valence-electron chi connectivity index (χ4n) is 5.00. The van der Waals surface area contributed by atoms with Gasteiger partial charge in [0.15, 0.2) is 11.6 Å². The monoisotopic (exact) mass is 412 g/mol. The molecule has 1 aromatic carbocycles. The van der Waals surface area contributed by atoms with E-state index in [9.17, 15) is 4.39 Å². The summed E-state index contributed by atoms with van der Waals surface area (Å²) in [6.07, 6.45) is 7.62. The van der Waals surface area contributed by atoms with Gasteiger partial charge in [-0.1, -0.05) is 12.1 Å². The van der Waals surface area contributed by atoms with E-state index in [0.29, 0.717) is 17.6 Å². The molecule has 7 heteroatoms. The van der Waals surface area contributed by atoms with Crippen LogP contribution in [-0.4, -0.2) is 38.6 Å². The van der Waals surface area contributed by atoms with Gasteiger partial charge in [0.2, 0.25) is 0 Å². The Morgan fingerprint density at radius 3 is 2.69 bits per heavy atom. The molecule has 2 aliphatic rings. The molecule has 0 radical (unpaired) electrons. The second-order valence-electron chi connectivity index (χ2n) is 8.15. The number of hydrogen-bond donors (Lipinski definition) is 0. The minimum absolute atomic E-state index is 0.0686. The first-order chi connectivity index (χ1) is 14.2. The number of hydrogen-bond acceptors (Lipinski definition) is 5. The van der Waals surface area contributed by atoms with Crippen molar-refractivity contribution in [2.75, 3.05) is 13.1 Å². The van der Waals surface area contributed by atoms with Crippen molar-refractivity contribution >= 4 is 11.3 Å². The molecule has 0 bridgehead atoms. The van der Waals surface area contributed by atoms with Gasteiger partial charge in [-0.15, -0.1) is 11.3 Å². The van der Waals surface area contributed by atoms with Crippen LogP contribution >= 0.6 is 11.3 Å². The summed E-state index contributed by atoms with van der Waals surface area (Å²) in [4.78, 5) is 11.4. The molecular formula is C22H25FN4OS. The average Bonchev–Trinajstić information content (AvgIpc) is 3.44. The Balaban J connectivity index is 1.37. The summed E-state index contributed by atoms with van der Waals surface area (Å²) in [6.45, 7) is 5.08. The van der Waals surface area contributed by atoms with Crippen molar-refractivity contribution in [1.82, 2.24) is 19.4 Å². The number of imidazole rings is 1. The molecule has 3 aromatic rings. The summed E-state index contributed by atoms with van der Waals surface area (Å²) < 4.78 is 22.8. The molecule has 1 saturated carbocycles. The molecular weight excluding hydrogens is 387 g/mol. The Bertz CT molecular complexity index is 959. The Morgan fingerprint density at radius 2 is 1.97 bits per heavy atom. The summed E-state index contributed by atoms with van der Waals surface area (Å²) in [5.41, 5.74) is 0. The molecule has 29 heavy (non-hydrogen) atoms. The number of nitrogens with zero attached hydrogens (tertiary/aromatic N) is 4. The van der Waals surface area contributed by atoms with Gasteiger partial charge < -0.3 is 9.30 Å². The molecule has 1 aliphatic heterocycles. The number of para-hydroxylation sites is 1. The molecule has 2 fully saturated rings. The fraction of sp³-hybridized carbons (Fsp3) is 0.455. The van der Waals surface area contributed by atoms with Gasteiger partial charge in [0.1, 0.15) is 16.9 Å². The third-order valence-electron chi connectivity index (χ3n) is 6.34. The van der Waals surface area contributed by atoms with Crippen LogP contribution in [0.25, 0.3) is 0 Å². The summed E-state index contributed by atoms with van der Waals surface area (Å²) in [5.74, 6) is 2.20. The van der Waals surface area contributed by atoms with E-state index in [0.717, 1.165) is 38.3 Å². The van der Waals surface area contributed by atoms with Crippen molar-refractivity contribution in [2.24, 2.45) is 11.8 Å². The second-order valence-corrected chi connectivity index (χ2v) is 9.13. The van der Waals surface area contributed by atoms with E-state index in [2.05, 4.69) is 19.4 Å². The molecule has 0 amide bonds.